The van der Waals surface area contributed by atoms with Crippen molar-refractivity contribution in [2.45, 2.75) is 42.9 Å². The van der Waals surface area contributed by atoms with Crippen molar-refractivity contribution in [3.63, 3.8) is 0 Å². The fourth-order valence-corrected chi connectivity index (χ4v) is 4.79. The van der Waals surface area contributed by atoms with Gasteiger partial charge in [0.1, 0.15) is 5.82 Å². The summed E-state index contributed by atoms with van der Waals surface area (Å²) in [5.74, 6) is 0.657. The summed E-state index contributed by atoms with van der Waals surface area (Å²) in [6.07, 6.45) is 2.52. The summed E-state index contributed by atoms with van der Waals surface area (Å²) in [4.78, 5) is 7.56. The van der Waals surface area contributed by atoms with Gasteiger partial charge in [-0.2, -0.15) is 13.2 Å². The predicted molar refractivity (Wildman–Crippen MR) is 124 cm³/mol. The van der Waals surface area contributed by atoms with Gasteiger partial charge in [0.2, 0.25) is 0 Å². The lowest BCUT2D eigenvalue weighted by atomic mass is 9.96. The highest BCUT2D eigenvalue weighted by Crippen LogP contribution is 2.33. The van der Waals surface area contributed by atoms with Gasteiger partial charge >= 0.3 is 15.3 Å². The number of tetrazole rings is 1. The molecule has 186 valence electrons. The molecule has 9 nitrogen and oxygen atoms in total. The topological polar surface area (TPSA) is 126 Å². The van der Waals surface area contributed by atoms with Gasteiger partial charge in [0.15, 0.2) is 5.82 Å². The van der Waals surface area contributed by atoms with Crippen LogP contribution in [0.3, 0.4) is 0 Å². The fourth-order valence-electron chi connectivity index (χ4n) is 4.14. The molecular formula is C23H20F3N7O2S. The van der Waals surface area contributed by atoms with Gasteiger partial charge in [-0.15, -0.1) is 5.10 Å². The second kappa shape index (κ2) is 9.30. The molecule has 1 aliphatic carbocycles. The highest BCUT2D eigenvalue weighted by molar-refractivity contribution is 7.92. The minimum absolute atomic E-state index is 0.120. The molecule has 0 radical (unpaired) electrons. The molecule has 2 aromatic carbocycles. The fraction of sp³-hybridized carbons (Fsp3) is 0.261. The van der Waals surface area contributed by atoms with Crippen molar-refractivity contribution in [2.24, 2.45) is 0 Å². The van der Waals surface area contributed by atoms with Crippen LogP contribution in [0.15, 0.2) is 53.7 Å². The molecule has 2 N–H and O–H groups in total. The van der Waals surface area contributed by atoms with Crippen LogP contribution < -0.4 is 5.32 Å². The van der Waals surface area contributed by atoms with Crippen molar-refractivity contribution >= 4 is 15.7 Å². The zero-order valence-corrected chi connectivity index (χ0v) is 19.6. The van der Waals surface area contributed by atoms with E-state index in [1.807, 2.05) is 48.5 Å². The number of alkyl halides is 3. The number of aromatic nitrogens is 6. The Morgan fingerprint density at radius 1 is 0.944 bits per heavy atom. The molecule has 0 spiro atoms. The van der Waals surface area contributed by atoms with E-state index in [1.54, 1.807) is 0 Å². The number of halogens is 3. The standard InChI is InChI=1S/C23H20F3N7O2S/c24-23(25,26)36(34,35)22-28-19-8-4-3-7-18(19)20(29-22)27-13-14-9-11-15(12-10-14)16-5-1-2-6-17(16)21-30-32-33-31-21/h1-2,5-6,9-12H,3-4,7-8,13H2,(H,27,28,29)(H,30,31,32,33). The molecule has 0 saturated heterocycles. The number of nitrogens with one attached hydrogen (secondary N) is 2. The normalized spacial score (nSPS) is 13.9. The molecule has 0 atom stereocenters. The third kappa shape index (κ3) is 4.53. The smallest absolute Gasteiger partial charge is 0.366 e. The van der Waals surface area contributed by atoms with E-state index >= 15 is 0 Å². The number of sulfone groups is 1. The summed E-state index contributed by atoms with van der Waals surface area (Å²) < 4.78 is 63.3. The van der Waals surface area contributed by atoms with Crippen molar-refractivity contribution in [2.75, 3.05) is 5.32 Å². The Balaban J connectivity index is 1.40. The summed E-state index contributed by atoms with van der Waals surface area (Å²) >= 11 is 0. The summed E-state index contributed by atoms with van der Waals surface area (Å²) in [6.45, 7) is 0.239. The molecular weight excluding hydrogens is 495 g/mol. The first kappa shape index (κ1) is 23.9. The molecule has 0 aliphatic heterocycles. The molecule has 13 heteroatoms. The zero-order valence-electron chi connectivity index (χ0n) is 18.7. The van der Waals surface area contributed by atoms with Gasteiger partial charge in [-0.1, -0.05) is 48.5 Å². The number of nitrogens with zero attached hydrogens (tertiary/aromatic N) is 5. The van der Waals surface area contributed by atoms with Gasteiger partial charge in [-0.3, -0.25) is 0 Å². The van der Waals surface area contributed by atoms with Crippen LogP contribution in [0.4, 0.5) is 19.0 Å². The molecule has 0 bridgehead atoms. The van der Waals surface area contributed by atoms with Crippen molar-refractivity contribution in [1.29, 1.82) is 0 Å². The minimum atomic E-state index is -5.65. The molecule has 4 aromatic rings. The zero-order chi connectivity index (χ0) is 25.3. The lowest BCUT2D eigenvalue weighted by Crippen LogP contribution is -2.27. The van der Waals surface area contributed by atoms with Crippen LogP contribution in [-0.2, 0) is 29.2 Å². The van der Waals surface area contributed by atoms with E-state index in [9.17, 15) is 21.6 Å². The number of fused-ring (bicyclic) bond motifs is 1. The number of aromatic amines is 1. The van der Waals surface area contributed by atoms with E-state index in [-0.39, 0.29) is 12.4 Å². The Bertz CT molecular complexity index is 1490. The maximum Gasteiger partial charge on any atom is 0.505 e. The Kier molecular flexibility index (Phi) is 6.16. The second-order valence-corrected chi connectivity index (χ2v) is 10.1. The number of H-pyrrole nitrogens is 1. The van der Waals surface area contributed by atoms with E-state index in [0.717, 1.165) is 35.1 Å². The molecule has 0 unspecified atom stereocenters. The monoisotopic (exact) mass is 515 g/mol. The minimum Gasteiger partial charge on any atom is -0.366 e. The number of rotatable bonds is 6. The van der Waals surface area contributed by atoms with Crippen LogP contribution in [0, 0.1) is 0 Å². The highest BCUT2D eigenvalue weighted by Gasteiger charge is 2.49. The summed E-state index contributed by atoms with van der Waals surface area (Å²) in [5.41, 5.74) is -0.961. The molecule has 0 amide bonds. The van der Waals surface area contributed by atoms with Crippen LogP contribution in [-0.4, -0.2) is 44.5 Å². The summed E-state index contributed by atoms with van der Waals surface area (Å²) in [5, 5.41) is 15.8. The van der Waals surface area contributed by atoms with Crippen molar-refractivity contribution < 1.29 is 21.6 Å². The lowest BCUT2D eigenvalue weighted by molar-refractivity contribution is -0.0440. The van der Waals surface area contributed by atoms with Crippen molar-refractivity contribution in [3.8, 4) is 22.5 Å². The average molecular weight is 516 g/mol. The van der Waals surface area contributed by atoms with E-state index in [2.05, 4.69) is 35.9 Å². The van der Waals surface area contributed by atoms with E-state index in [1.165, 1.54) is 0 Å². The van der Waals surface area contributed by atoms with Gasteiger partial charge in [0.05, 0.1) is 5.69 Å². The van der Waals surface area contributed by atoms with Gasteiger partial charge in [0.25, 0.3) is 5.16 Å². The SMILES string of the molecule is O=S(=O)(c1nc2c(c(NCc3ccc(-c4ccccc4-c4nnn[nH]4)cc3)n1)CCCC2)C(F)(F)F. The number of anilines is 1. The number of benzene rings is 2. The lowest BCUT2D eigenvalue weighted by Gasteiger charge is -2.20. The summed E-state index contributed by atoms with van der Waals surface area (Å²) in [7, 11) is -5.65. The van der Waals surface area contributed by atoms with E-state index < -0.39 is 20.5 Å². The number of hydrogen-bond acceptors (Lipinski definition) is 8. The van der Waals surface area contributed by atoms with E-state index in [0.29, 0.717) is 29.9 Å². The first-order chi connectivity index (χ1) is 17.2. The highest BCUT2D eigenvalue weighted by atomic mass is 32.2. The number of hydrogen-bond donors (Lipinski definition) is 2. The average Bonchev–Trinajstić information content (AvgIpc) is 3.42. The Morgan fingerprint density at radius 3 is 2.36 bits per heavy atom. The van der Waals surface area contributed by atoms with Gasteiger partial charge in [-0.25, -0.2) is 23.5 Å². The van der Waals surface area contributed by atoms with Gasteiger partial charge in [-0.05, 0) is 52.8 Å². The van der Waals surface area contributed by atoms with Gasteiger partial charge < -0.3 is 5.32 Å². The molecule has 0 saturated carbocycles. The molecule has 2 heterocycles. The molecule has 5 rings (SSSR count). The Hall–Kier alpha value is -3.87. The quantitative estimate of drug-likeness (QED) is 0.368. The Morgan fingerprint density at radius 2 is 1.67 bits per heavy atom. The molecule has 1 aliphatic rings. The Labute approximate surface area is 204 Å². The van der Waals surface area contributed by atoms with Crippen molar-refractivity contribution in [1.82, 2.24) is 30.6 Å². The molecule has 36 heavy (non-hydrogen) atoms. The third-order valence-corrected chi connectivity index (χ3v) is 7.23. The molecule has 0 fully saturated rings. The van der Waals surface area contributed by atoms with Crippen LogP contribution in [0.5, 0.6) is 0 Å². The van der Waals surface area contributed by atoms with E-state index in [4.69, 9.17) is 0 Å². The second-order valence-electron chi connectivity index (χ2n) is 8.28. The molecule has 2 aromatic heterocycles. The number of aryl methyl sites for hydroxylation is 1. The van der Waals surface area contributed by atoms with Crippen LogP contribution in [0.1, 0.15) is 29.7 Å². The first-order valence-corrected chi connectivity index (χ1v) is 12.6. The largest absolute Gasteiger partial charge is 0.505 e. The predicted octanol–water partition coefficient (Wildman–Crippen LogP) is 4.11. The maximum absolute atomic E-state index is 13.1. The maximum atomic E-state index is 13.1. The van der Waals surface area contributed by atoms with Gasteiger partial charge in [0, 0.05) is 17.7 Å². The van der Waals surface area contributed by atoms with Crippen LogP contribution >= 0.6 is 0 Å². The van der Waals surface area contributed by atoms with Crippen LogP contribution in [0.2, 0.25) is 0 Å². The third-order valence-electron chi connectivity index (χ3n) is 5.96. The van der Waals surface area contributed by atoms with Crippen molar-refractivity contribution in [3.05, 3.63) is 65.4 Å². The summed E-state index contributed by atoms with van der Waals surface area (Å²) in [6, 6.07) is 15.2. The first-order valence-electron chi connectivity index (χ1n) is 11.1. The van der Waals surface area contributed by atoms with Crippen LogP contribution in [0.25, 0.3) is 22.5 Å².